The molecule has 0 radical (unpaired) electrons. The minimum atomic E-state index is 0.296. The Kier molecular flexibility index (Phi) is 3.63. The molecule has 0 bridgehead atoms. The van der Waals surface area contributed by atoms with Crippen molar-refractivity contribution in [1.29, 1.82) is 0 Å². The standard InChI is InChI=1S/C18H15N3Se/c1-2-7-15(8-3-1)22-16-9-4-6-14-10-13-21(17(14)16)18-19-11-5-12-20-18/h1-9,11-12H,10,13H2. The van der Waals surface area contributed by atoms with E-state index in [0.717, 1.165) is 18.9 Å². The van der Waals surface area contributed by atoms with Gasteiger partial charge in [0.15, 0.2) is 0 Å². The molecule has 0 spiro atoms. The van der Waals surface area contributed by atoms with Crippen LogP contribution in [0.15, 0.2) is 67.0 Å². The van der Waals surface area contributed by atoms with E-state index in [1.165, 1.54) is 20.2 Å². The van der Waals surface area contributed by atoms with Gasteiger partial charge in [-0.25, -0.2) is 0 Å². The predicted molar refractivity (Wildman–Crippen MR) is 90.6 cm³/mol. The maximum atomic E-state index is 4.43. The molecule has 0 aliphatic carbocycles. The quantitative estimate of drug-likeness (QED) is 0.674. The van der Waals surface area contributed by atoms with Crippen LogP contribution in [0.3, 0.4) is 0 Å². The van der Waals surface area contributed by atoms with E-state index < -0.39 is 0 Å². The normalized spacial score (nSPS) is 13.2. The number of para-hydroxylation sites is 1. The number of aromatic nitrogens is 2. The van der Waals surface area contributed by atoms with Crippen LogP contribution in [-0.2, 0) is 6.42 Å². The molecule has 0 fully saturated rings. The number of hydrogen-bond acceptors (Lipinski definition) is 3. The zero-order valence-electron chi connectivity index (χ0n) is 12.0. The van der Waals surface area contributed by atoms with Gasteiger partial charge >= 0.3 is 136 Å². The second-order valence-electron chi connectivity index (χ2n) is 5.13. The van der Waals surface area contributed by atoms with Crippen LogP contribution in [0.4, 0.5) is 11.6 Å². The second-order valence-corrected chi connectivity index (χ2v) is 7.47. The predicted octanol–water partition coefficient (Wildman–Crippen LogP) is 1.83. The summed E-state index contributed by atoms with van der Waals surface area (Å²) >= 11 is 0.296. The van der Waals surface area contributed by atoms with Crippen molar-refractivity contribution in [3.63, 3.8) is 0 Å². The summed E-state index contributed by atoms with van der Waals surface area (Å²) in [5.74, 6) is 0.803. The molecule has 4 heteroatoms. The van der Waals surface area contributed by atoms with Gasteiger partial charge in [0.25, 0.3) is 0 Å². The summed E-state index contributed by atoms with van der Waals surface area (Å²) in [5.41, 5.74) is 2.72. The van der Waals surface area contributed by atoms with Crippen molar-refractivity contribution in [2.45, 2.75) is 6.42 Å². The van der Waals surface area contributed by atoms with Gasteiger partial charge in [0.05, 0.1) is 0 Å². The first kappa shape index (κ1) is 13.5. The molecule has 0 N–H and O–H groups in total. The number of rotatable bonds is 3. The van der Waals surface area contributed by atoms with E-state index >= 15 is 0 Å². The van der Waals surface area contributed by atoms with Crippen molar-refractivity contribution < 1.29 is 0 Å². The molecule has 0 unspecified atom stereocenters. The van der Waals surface area contributed by atoms with E-state index in [0.29, 0.717) is 15.0 Å². The zero-order chi connectivity index (χ0) is 14.8. The van der Waals surface area contributed by atoms with Gasteiger partial charge in [0.1, 0.15) is 0 Å². The number of benzene rings is 2. The van der Waals surface area contributed by atoms with E-state index in [1.807, 2.05) is 18.5 Å². The van der Waals surface area contributed by atoms with Crippen LogP contribution < -0.4 is 13.8 Å². The summed E-state index contributed by atoms with van der Waals surface area (Å²) in [6, 6.07) is 19.2. The molecular formula is C18H15N3Se. The summed E-state index contributed by atoms with van der Waals surface area (Å²) in [7, 11) is 0. The van der Waals surface area contributed by atoms with Crippen LogP contribution in [0.1, 0.15) is 5.56 Å². The molecule has 2 aromatic carbocycles. The third-order valence-corrected chi connectivity index (χ3v) is 5.94. The summed E-state index contributed by atoms with van der Waals surface area (Å²) in [5, 5.41) is 0. The van der Waals surface area contributed by atoms with Crippen molar-refractivity contribution >= 4 is 35.5 Å². The molecule has 2 heterocycles. The molecule has 0 saturated heterocycles. The molecule has 0 saturated carbocycles. The van der Waals surface area contributed by atoms with Gasteiger partial charge in [0.2, 0.25) is 0 Å². The summed E-state index contributed by atoms with van der Waals surface area (Å²) < 4.78 is 2.80. The van der Waals surface area contributed by atoms with Crippen LogP contribution in [0, 0.1) is 0 Å². The maximum absolute atomic E-state index is 4.43. The van der Waals surface area contributed by atoms with E-state index in [2.05, 4.69) is 63.4 Å². The SMILES string of the molecule is c1ccc([Se]c2cccc3c2N(c2ncccn2)CC3)cc1. The molecule has 1 aliphatic rings. The first-order chi connectivity index (χ1) is 10.9. The number of nitrogens with zero attached hydrogens (tertiary/aromatic N) is 3. The molecule has 22 heavy (non-hydrogen) atoms. The van der Waals surface area contributed by atoms with E-state index in [1.54, 1.807) is 0 Å². The van der Waals surface area contributed by atoms with E-state index in [4.69, 9.17) is 0 Å². The average Bonchev–Trinajstić information content (AvgIpc) is 3.02. The molecule has 3 nitrogen and oxygen atoms in total. The third-order valence-electron chi connectivity index (χ3n) is 3.72. The number of anilines is 2. The summed E-state index contributed by atoms with van der Waals surface area (Å²) in [4.78, 5) is 11.1. The molecule has 108 valence electrons. The molecular weight excluding hydrogens is 337 g/mol. The molecule has 0 atom stereocenters. The van der Waals surface area contributed by atoms with Gasteiger partial charge < -0.3 is 0 Å². The monoisotopic (exact) mass is 353 g/mol. The van der Waals surface area contributed by atoms with Crippen molar-refractivity contribution in [1.82, 2.24) is 9.97 Å². The van der Waals surface area contributed by atoms with Gasteiger partial charge in [-0.05, 0) is 0 Å². The van der Waals surface area contributed by atoms with Crippen LogP contribution in [-0.4, -0.2) is 31.5 Å². The van der Waals surface area contributed by atoms with Gasteiger partial charge in [-0.2, -0.15) is 0 Å². The van der Waals surface area contributed by atoms with Crippen LogP contribution in [0.2, 0.25) is 0 Å². The van der Waals surface area contributed by atoms with Gasteiger partial charge in [-0.1, -0.05) is 0 Å². The van der Waals surface area contributed by atoms with Crippen LogP contribution in [0.25, 0.3) is 0 Å². The fraction of sp³-hybridized carbons (Fsp3) is 0.111. The Morgan fingerprint density at radius 1 is 0.864 bits per heavy atom. The molecule has 3 aromatic rings. The zero-order valence-corrected chi connectivity index (χ0v) is 13.7. The molecule has 0 amide bonds. The van der Waals surface area contributed by atoms with Crippen LogP contribution >= 0.6 is 0 Å². The Bertz CT molecular complexity index is 775. The topological polar surface area (TPSA) is 29.0 Å². The van der Waals surface area contributed by atoms with Crippen molar-refractivity contribution in [3.8, 4) is 0 Å². The Hall–Kier alpha value is -2.16. The summed E-state index contributed by atoms with van der Waals surface area (Å²) in [6.45, 7) is 0.960. The average molecular weight is 352 g/mol. The molecule has 1 aromatic heterocycles. The fourth-order valence-corrected chi connectivity index (χ4v) is 4.91. The third kappa shape index (κ3) is 2.52. The second kappa shape index (κ2) is 5.91. The molecule has 1 aliphatic heterocycles. The fourth-order valence-electron chi connectivity index (χ4n) is 2.75. The number of hydrogen-bond donors (Lipinski definition) is 0. The van der Waals surface area contributed by atoms with E-state index in [9.17, 15) is 0 Å². The Labute approximate surface area is 136 Å². The Morgan fingerprint density at radius 2 is 1.68 bits per heavy atom. The molecule has 4 rings (SSSR count). The van der Waals surface area contributed by atoms with Crippen molar-refractivity contribution in [2.75, 3.05) is 11.4 Å². The van der Waals surface area contributed by atoms with Gasteiger partial charge in [0, 0.05) is 0 Å². The summed E-state index contributed by atoms with van der Waals surface area (Å²) in [6.07, 6.45) is 4.68. The van der Waals surface area contributed by atoms with Crippen molar-refractivity contribution in [2.24, 2.45) is 0 Å². The number of fused-ring (bicyclic) bond motifs is 1. The first-order valence-corrected chi connectivity index (χ1v) is 9.02. The van der Waals surface area contributed by atoms with Crippen LogP contribution in [0.5, 0.6) is 0 Å². The van der Waals surface area contributed by atoms with Gasteiger partial charge in [-0.3, -0.25) is 0 Å². The minimum absolute atomic E-state index is 0.296. The van der Waals surface area contributed by atoms with Crippen molar-refractivity contribution in [3.05, 3.63) is 72.6 Å². The first-order valence-electron chi connectivity index (χ1n) is 7.31. The Balaban J connectivity index is 1.75. The Morgan fingerprint density at radius 3 is 2.50 bits per heavy atom. The van der Waals surface area contributed by atoms with Gasteiger partial charge in [-0.15, -0.1) is 0 Å². The van der Waals surface area contributed by atoms with E-state index in [-0.39, 0.29) is 0 Å².